The van der Waals surface area contributed by atoms with Gasteiger partial charge in [0.2, 0.25) is 0 Å². The summed E-state index contributed by atoms with van der Waals surface area (Å²) in [5, 5.41) is 3.20. The first-order valence-electron chi connectivity index (χ1n) is 5.61. The highest BCUT2D eigenvalue weighted by molar-refractivity contribution is 5.39. The van der Waals surface area contributed by atoms with Crippen LogP contribution < -0.4 is 10.2 Å². The third-order valence-electron chi connectivity index (χ3n) is 2.79. The smallest absolute Gasteiger partial charge is 0.128 e. The van der Waals surface area contributed by atoms with Crippen molar-refractivity contribution in [1.82, 2.24) is 10.3 Å². The van der Waals surface area contributed by atoms with Crippen molar-refractivity contribution >= 4 is 5.82 Å². The summed E-state index contributed by atoms with van der Waals surface area (Å²) < 4.78 is 0. The minimum absolute atomic E-state index is 0.364. The standard InChI is InChI=1S/C12H21N3/c1-5-15(6-2)12-8-7-11(9-14-12)10(3)13-4/h7-10,13H,5-6H2,1-4H3/t10-/m0/s1. The summed E-state index contributed by atoms with van der Waals surface area (Å²) in [5.41, 5.74) is 1.23. The predicted molar refractivity (Wildman–Crippen MR) is 65.3 cm³/mol. The van der Waals surface area contributed by atoms with E-state index in [9.17, 15) is 0 Å². The van der Waals surface area contributed by atoms with Gasteiger partial charge in [-0.15, -0.1) is 0 Å². The molecular formula is C12H21N3. The third-order valence-corrected chi connectivity index (χ3v) is 2.79. The SMILES string of the molecule is CCN(CC)c1ccc([C@H](C)NC)cn1. The minimum Gasteiger partial charge on any atom is -0.357 e. The fourth-order valence-corrected chi connectivity index (χ4v) is 1.55. The zero-order valence-corrected chi connectivity index (χ0v) is 10.1. The Morgan fingerprint density at radius 3 is 2.40 bits per heavy atom. The third kappa shape index (κ3) is 2.93. The molecule has 1 aromatic heterocycles. The van der Waals surface area contributed by atoms with Gasteiger partial charge in [0.05, 0.1) is 0 Å². The summed E-state index contributed by atoms with van der Waals surface area (Å²) in [7, 11) is 1.96. The van der Waals surface area contributed by atoms with Crippen LogP contribution in [0.3, 0.4) is 0 Å². The molecule has 0 unspecified atom stereocenters. The van der Waals surface area contributed by atoms with Crippen LogP contribution >= 0.6 is 0 Å². The molecule has 0 amide bonds. The molecule has 0 saturated carbocycles. The van der Waals surface area contributed by atoms with Crippen molar-refractivity contribution in [1.29, 1.82) is 0 Å². The molecule has 84 valence electrons. The lowest BCUT2D eigenvalue weighted by atomic mass is 10.1. The molecule has 1 heterocycles. The molecule has 0 fully saturated rings. The molecular weight excluding hydrogens is 186 g/mol. The highest BCUT2D eigenvalue weighted by atomic mass is 15.2. The van der Waals surface area contributed by atoms with Crippen molar-refractivity contribution < 1.29 is 0 Å². The van der Waals surface area contributed by atoms with Crippen molar-refractivity contribution in [2.24, 2.45) is 0 Å². The fourth-order valence-electron chi connectivity index (χ4n) is 1.55. The van der Waals surface area contributed by atoms with E-state index in [1.54, 1.807) is 0 Å². The number of anilines is 1. The molecule has 0 aromatic carbocycles. The zero-order valence-electron chi connectivity index (χ0n) is 10.1. The highest BCUT2D eigenvalue weighted by Gasteiger charge is 2.05. The number of aromatic nitrogens is 1. The lowest BCUT2D eigenvalue weighted by Gasteiger charge is -2.20. The van der Waals surface area contributed by atoms with Crippen molar-refractivity contribution in [2.45, 2.75) is 26.8 Å². The van der Waals surface area contributed by atoms with Crippen LogP contribution in [0.15, 0.2) is 18.3 Å². The summed E-state index contributed by atoms with van der Waals surface area (Å²) in [6.07, 6.45) is 1.95. The highest BCUT2D eigenvalue weighted by Crippen LogP contribution is 2.15. The van der Waals surface area contributed by atoms with Crippen molar-refractivity contribution in [3.05, 3.63) is 23.9 Å². The van der Waals surface area contributed by atoms with Crippen LogP contribution in [0, 0.1) is 0 Å². The number of nitrogens with zero attached hydrogens (tertiary/aromatic N) is 2. The zero-order chi connectivity index (χ0) is 11.3. The Bertz CT molecular complexity index is 277. The van der Waals surface area contributed by atoms with Crippen LogP contribution in [0.1, 0.15) is 32.4 Å². The molecule has 1 aromatic rings. The van der Waals surface area contributed by atoms with Gasteiger partial charge in [0.25, 0.3) is 0 Å². The Hall–Kier alpha value is -1.09. The first-order chi connectivity index (χ1) is 7.22. The summed E-state index contributed by atoms with van der Waals surface area (Å²) >= 11 is 0. The van der Waals surface area contributed by atoms with Gasteiger partial charge in [-0.1, -0.05) is 6.07 Å². The molecule has 0 spiro atoms. The summed E-state index contributed by atoms with van der Waals surface area (Å²) in [4.78, 5) is 6.72. The lowest BCUT2D eigenvalue weighted by Crippen LogP contribution is -2.23. The monoisotopic (exact) mass is 207 g/mol. The van der Waals surface area contributed by atoms with Crippen LogP contribution in [-0.2, 0) is 0 Å². The van der Waals surface area contributed by atoms with Gasteiger partial charge in [-0.3, -0.25) is 0 Å². The summed E-state index contributed by atoms with van der Waals surface area (Å²) in [5.74, 6) is 1.06. The van der Waals surface area contributed by atoms with Gasteiger partial charge in [0.15, 0.2) is 0 Å². The minimum atomic E-state index is 0.364. The van der Waals surface area contributed by atoms with E-state index in [-0.39, 0.29) is 0 Å². The quantitative estimate of drug-likeness (QED) is 0.802. The average molecular weight is 207 g/mol. The maximum absolute atomic E-state index is 4.48. The van der Waals surface area contributed by atoms with Gasteiger partial charge in [-0.25, -0.2) is 4.98 Å². The van der Waals surface area contributed by atoms with E-state index in [1.807, 2.05) is 13.2 Å². The number of nitrogens with one attached hydrogen (secondary N) is 1. The number of hydrogen-bond acceptors (Lipinski definition) is 3. The molecule has 15 heavy (non-hydrogen) atoms. The molecule has 1 atom stereocenters. The van der Waals surface area contributed by atoms with E-state index in [0.717, 1.165) is 18.9 Å². The first-order valence-corrected chi connectivity index (χ1v) is 5.61. The van der Waals surface area contributed by atoms with Gasteiger partial charge in [-0.2, -0.15) is 0 Å². The molecule has 0 radical (unpaired) electrons. The van der Waals surface area contributed by atoms with Gasteiger partial charge < -0.3 is 10.2 Å². The molecule has 0 saturated heterocycles. The van der Waals surface area contributed by atoms with Gasteiger partial charge >= 0.3 is 0 Å². The van der Waals surface area contributed by atoms with E-state index in [4.69, 9.17) is 0 Å². The topological polar surface area (TPSA) is 28.2 Å². The molecule has 1 N–H and O–H groups in total. The second-order valence-electron chi connectivity index (χ2n) is 3.63. The maximum Gasteiger partial charge on any atom is 0.128 e. The normalized spacial score (nSPS) is 12.5. The van der Waals surface area contributed by atoms with E-state index in [0.29, 0.717) is 6.04 Å². The van der Waals surface area contributed by atoms with Crippen molar-refractivity contribution in [3.8, 4) is 0 Å². The first kappa shape index (κ1) is 12.0. The Kier molecular flexibility index (Phi) is 4.56. The lowest BCUT2D eigenvalue weighted by molar-refractivity contribution is 0.649. The second kappa shape index (κ2) is 5.71. The number of rotatable bonds is 5. The van der Waals surface area contributed by atoms with Crippen LogP contribution in [0.4, 0.5) is 5.82 Å². The summed E-state index contributed by atoms with van der Waals surface area (Å²) in [6, 6.07) is 4.60. The fraction of sp³-hybridized carbons (Fsp3) is 0.583. The van der Waals surface area contributed by atoms with Gasteiger partial charge in [0, 0.05) is 25.3 Å². The average Bonchev–Trinajstić information content (AvgIpc) is 2.30. The molecule has 0 aliphatic heterocycles. The van der Waals surface area contributed by atoms with Crippen molar-refractivity contribution in [2.75, 3.05) is 25.0 Å². The molecule has 1 rings (SSSR count). The second-order valence-corrected chi connectivity index (χ2v) is 3.63. The van der Waals surface area contributed by atoms with Crippen LogP contribution in [-0.4, -0.2) is 25.1 Å². The molecule has 0 aliphatic rings. The number of hydrogen-bond donors (Lipinski definition) is 1. The number of pyridine rings is 1. The summed E-state index contributed by atoms with van der Waals surface area (Å²) in [6.45, 7) is 8.44. The van der Waals surface area contributed by atoms with Crippen LogP contribution in [0.5, 0.6) is 0 Å². The largest absolute Gasteiger partial charge is 0.357 e. The van der Waals surface area contributed by atoms with Gasteiger partial charge in [0.1, 0.15) is 5.82 Å². The van der Waals surface area contributed by atoms with E-state index in [1.165, 1.54) is 5.56 Å². The molecule has 0 aliphatic carbocycles. The molecule has 3 nitrogen and oxygen atoms in total. The van der Waals surface area contributed by atoms with Crippen LogP contribution in [0.2, 0.25) is 0 Å². The Morgan fingerprint density at radius 1 is 1.33 bits per heavy atom. The van der Waals surface area contributed by atoms with E-state index >= 15 is 0 Å². The maximum atomic E-state index is 4.48. The van der Waals surface area contributed by atoms with E-state index in [2.05, 4.69) is 48.1 Å². The molecule has 0 bridgehead atoms. The van der Waals surface area contributed by atoms with Gasteiger partial charge in [-0.05, 0) is 39.4 Å². The van der Waals surface area contributed by atoms with E-state index < -0.39 is 0 Å². The van der Waals surface area contributed by atoms with Crippen LogP contribution in [0.25, 0.3) is 0 Å². The molecule has 3 heteroatoms. The Morgan fingerprint density at radius 2 is 2.00 bits per heavy atom. The Balaban J connectivity index is 2.79. The predicted octanol–water partition coefficient (Wildman–Crippen LogP) is 2.21. The Labute approximate surface area is 92.5 Å². The van der Waals surface area contributed by atoms with Crippen molar-refractivity contribution in [3.63, 3.8) is 0 Å².